The molecule has 1 saturated carbocycles. The fraction of sp³-hybridized carbons (Fsp3) is 0.750. The van der Waals surface area contributed by atoms with Gasteiger partial charge in [-0.05, 0) is 25.7 Å². The molecular formula is C16H27N3O3S. The summed E-state index contributed by atoms with van der Waals surface area (Å²) >= 11 is 0. The molecule has 0 radical (unpaired) electrons. The van der Waals surface area contributed by atoms with Crippen molar-refractivity contribution in [2.24, 2.45) is 18.9 Å². The van der Waals surface area contributed by atoms with E-state index in [1.165, 1.54) is 23.9 Å². The van der Waals surface area contributed by atoms with Crippen molar-refractivity contribution in [3.05, 3.63) is 11.4 Å². The SMILES string of the molecule is Cc1nn(C)c(C)c1S(=O)(=O)NC(=O)CC(C)C1CCCCC1. The Morgan fingerprint density at radius 3 is 2.43 bits per heavy atom. The molecule has 1 aliphatic rings. The van der Waals surface area contributed by atoms with Gasteiger partial charge in [0.25, 0.3) is 10.0 Å². The highest BCUT2D eigenvalue weighted by atomic mass is 32.2. The summed E-state index contributed by atoms with van der Waals surface area (Å²) in [5.74, 6) is 0.311. The minimum atomic E-state index is -3.86. The highest BCUT2D eigenvalue weighted by Crippen LogP contribution is 2.31. The third-order valence-electron chi connectivity index (χ3n) is 4.92. The van der Waals surface area contributed by atoms with Gasteiger partial charge in [-0.2, -0.15) is 5.10 Å². The zero-order valence-corrected chi connectivity index (χ0v) is 15.2. The Morgan fingerprint density at radius 1 is 1.30 bits per heavy atom. The van der Waals surface area contributed by atoms with Crippen molar-refractivity contribution in [3.8, 4) is 0 Å². The summed E-state index contributed by atoms with van der Waals surface area (Å²) in [6.45, 7) is 5.36. The van der Waals surface area contributed by atoms with Gasteiger partial charge < -0.3 is 0 Å². The Labute approximate surface area is 138 Å². The molecule has 1 amide bonds. The lowest BCUT2D eigenvalue weighted by molar-refractivity contribution is -0.120. The normalized spacial score (nSPS) is 17.9. The van der Waals surface area contributed by atoms with Gasteiger partial charge in [-0.15, -0.1) is 0 Å². The van der Waals surface area contributed by atoms with Gasteiger partial charge in [0, 0.05) is 13.5 Å². The average Bonchev–Trinajstić information content (AvgIpc) is 2.72. The van der Waals surface area contributed by atoms with Crippen molar-refractivity contribution in [2.75, 3.05) is 0 Å². The predicted octanol–water partition coefficient (Wildman–Crippen LogP) is 2.45. The van der Waals surface area contributed by atoms with E-state index < -0.39 is 15.9 Å². The van der Waals surface area contributed by atoms with E-state index in [4.69, 9.17) is 0 Å². The van der Waals surface area contributed by atoms with Gasteiger partial charge in [0.05, 0.1) is 11.4 Å². The maximum Gasteiger partial charge on any atom is 0.267 e. The van der Waals surface area contributed by atoms with Crippen molar-refractivity contribution >= 4 is 15.9 Å². The molecule has 7 heteroatoms. The molecule has 1 aromatic heterocycles. The van der Waals surface area contributed by atoms with Crippen LogP contribution in [0.4, 0.5) is 0 Å². The van der Waals surface area contributed by atoms with Crippen LogP contribution in [0.1, 0.15) is 56.8 Å². The first kappa shape index (κ1) is 18.0. The Bertz CT molecular complexity index is 673. The molecule has 6 nitrogen and oxygen atoms in total. The lowest BCUT2D eigenvalue weighted by atomic mass is 9.79. The topological polar surface area (TPSA) is 81.1 Å². The zero-order valence-electron chi connectivity index (χ0n) is 14.4. The summed E-state index contributed by atoms with van der Waals surface area (Å²) < 4.78 is 28.7. The Morgan fingerprint density at radius 2 is 1.91 bits per heavy atom. The van der Waals surface area contributed by atoms with E-state index in [0.29, 0.717) is 17.3 Å². The second kappa shape index (κ2) is 7.03. The van der Waals surface area contributed by atoms with Crippen LogP contribution in [0.15, 0.2) is 4.90 Å². The molecule has 130 valence electrons. The summed E-state index contributed by atoms with van der Waals surface area (Å²) in [4.78, 5) is 12.3. The fourth-order valence-corrected chi connectivity index (χ4v) is 4.98. The summed E-state index contributed by atoms with van der Waals surface area (Å²) in [6, 6.07) is 0. The third-order valence-corrected chi connectivity index (χ3v) is 6.55. The summed E-state index contributed by atoms with van der Waals surface area (Å²) in [7, 11) is -2.17. The van der Waals surface area contributed by atoms with Gasteiger partial charge in [-0.3, -0.25) is 9.48 Å². The third kappa shape index (κ3) is 4.13. The van der Waals surface area contributed by atoms with Crippen LogP contribution in [0.5, 0.6) is 0 Å². The lowest BCUT2D eigenvalue weighted by Gasteiger charge is -2.27. The number of nitrogens with zero attached hydrogens (tertiary/aromatic N) is 2. The number of carbonyl (C=O) groups excluding carboxylic acids is 1. The Hall–Kier alpha value is -1.37. The van der Waals surface area contributed by atoms with Gasteiger partial charge in [0.15, 0.2) is 0 Å². The van der Waals surface area contributed by atoms with Crippen molar-refractivity contribution in [1.82, 2.24) is 14.5 Å². The van der Waals surface area contributed by atoms with Crippen LogP contribution in [0.3, 0.4) is 0 Å². The average molecular weight is 341 g/mol. The van der Waals surface area contributed by atoms with Crippen molar-refractivity contribution < 1.29 is 13.2 Å². The first-order valence-corrected chi connectivity index (χ1v) is 9.76. The molecule has 1 atom stereocenters. The minimum Gasteiger partial charge on any atom is -0.274 e. The molecule has 1 N–H and O–H groups in total. The number of sulfonamides is 1. The molecule has 23 heavy (non-hydrogen) atoms. The van der Waals surface area contributed by atoms with Crippen LogP contribution in [0.2, 0.25) is 0 Å². The maximum atomic E-state index is 12.5. The number of aromatic nitrogens is 2. The number of carbonyl (C=O) groups is 1. The molecule has 1 unspecified atom stereocenters. The highest BCUT2D eigenvalue weighted by Gasteiger charge is 2.28. The molecule has 0 aliphatic heterocycles. The van der Waals surface area contributed by atoms with E-state index in [1.807, 2.05) is 6.92 Å². The van der Waals surface area contributed by atoms with Crippen LogP contribution in [0, 0.1) is 25.7 Å². The smallest absolute Gasteiger partial charge is 0.267 e. The van der Waals surface area contributed by atoms with Crippen molar-refractivity contribution in [1.29, 1.82) is 0 Å². The molecular weight excluding hydrogens is 314 g/mol. The van der Waals surface area contributed by atoms with E-state index in [1.54, 1.807) is 20.9 Å². The first-order chi connectivity index (χ1) is 10.7. The van der Waals surface area contributed by atoms with Gasteiger partial charge in [-0.25, -0.2) is 13.1 Å². The van der Waals surface area contributed by atoms with Crippen LogP contribution >= 0.6 is 0 Å². The van der Waals surface area contributed by atoms with Gasteiger partial charge in [-0.1, -0.05) is 39.0 Å². The summed E-state index contributed by atoms with van der Waals surface area (Å²) in [6.07, 6.45) is 6.22. The molecule has 0 bridgehead atoms. The highest BCUT2D eigenvalue weighted by molar-refractivity contribution is 7.90. The molecule has 0 saturated heterocycles. The van der Waals surface area contributed by atoms with E-state index in [9.17, 15) is 13.2 Å². The van der Waals surface area contributed by atoms with Gasteiger partial charge >= 0.3 is 0 Å². The standard InChI is InChI=1S/C16H27N3O3S/c1-11(14-8-6-5-7-9-14)10-15(20)18-23(21,22)16-12(2)17-19(4)13(16)3/h11,14H,5-10H2,1-4H3,(H,18,20). The van der Waals surface area contributed by atoms with E-state index in [2.05, 4.69) is 9.82 Å². The van der Waals surface area contributed by atoms with Crippen LogP contribution < -0.4 is 4.72 Å². The number of rotatable bonds is 5. The molecule has 1 heterocycles. The molecule has 1 aromatic rings. The second-order valence-electron chi connectivity index (χ2n) is 6.73. The number of amides is 1. The maximum absolute atomic E-state index is 12.5. The largest absolute Gasteiger partial charge is 0.274 e. The lowest BCUT2D eigenvalue weighted by Crippen LogP contribution is -2.33. The number of hydrogen-bond donors (Lipinski definition) is 1. The van der Waals surface area contributed by atoms with Gasteiger partial charge in [0.2, 0.25) is 5.91 Å². The first-order valence-electron chi connectivity index (χ1n) is 8.28. The van der Waals surface area contributed by atoms with E-state index in [0.717, 1.165) is 12.8 Å². The van der Waals surface area contributed by atoms with Gasteiger partial charge in [0.1, 0.15) is 4.90 Å². The molecule has 1 fully saturated rings. The molecule has 0 aromatic carbocycles. The number of nitrogens with one attached hydrogen (secondary N) is 1. The van der Waals surface area contributed by atoms with Crippen LogP contribution in [-0.4, -0.2) is 24.1 Å². The Kier molecular flexibility index (Phi) is 5.49. The van der Waals surface area contributed by atoms with Crippen LogP contribution in [-0.2, 0) is 21.9 Å². The van der Waals surface area contributed by atoms with E-state index >= 15 is 0 Å². The molecule has 2 rings (SSSR count). The number of aryl methyl sites for hydroxylation is 2. The van der Waals surface area contributed by atoms with E-state index in [-0.39, 0.29) is 17.2 Å². The Balaban J connectivity index is 2.03. The fourth-order valence-electron chi connectivity index (χ4n) is 3.55. The second-order valence-corrected chi connectivity index (χ2v) is 8.35. The quantitative estimate of drug-likeness (QED) is 0.892. The van der Waals surface area contributed by atoms with Crippen molar-refractivity contribution in [2.45, 2.75) is 64.2 Å². The number of hydrogen-bond acceptors (Lipinski definition) is 4. The predicted molar refractivity (Wildman–Crippen MR) is 88.4 cm³/mol. The summed E-state index contributed by atoms with van der Waals surface area (Å²) in [5, 5.41) is 4.10. The molecule has 0 spiro atoms. The molecule has 1 aliphatic carbocycles. The van der Waals surface area contributed by atoms with Crippen LogP contribution in [0.25, 0.3) is 0 Å². The summed E-state index contributed by atoms with van der Waals surface area (Å²) in [5.41, 5.74) is 0.939. The monoisotopic (exact) mass is 341 g/mol. The van der Waals surface area contributed by atoms with Crippen molar-refractivity contribution in [3.63, 3.8) is 0 Å². The minimum absolute atomic E-state index is 0.110. The zero-order chi connectivity index (χ0) is 17.2.